The van der Waals surface area contributed by atoms with E-state index >= 15 is 0 Å². The van der Waals surface area contributed by atoms with E-state index in [0.29, 0.717) is 18.4 Å². The molecule has 1 aromatic carbocycles. The monoisotopic (exact) mass is 595 g/mol. The van der Waals surface area contributed by atoms with E-state index in [1.807, 2.05) is 38.1 Å². The quantitative estimate of drug-likeness (QED) is 0.213. The van der Waals surface area contributed by atoms with Gasteiger partial charge in [-0.1, -0.05) is 50.3 Å². The van der Waals surface area contributed by atoms with Gasteiger partial charge in [0.1, 0.15) is 18.2 Å². The van der Waals surface area contributed by atoms with Gasteiger partial charge < -0.3 is 19.6 Å². The van der Waals surface area contributed by atoms with Crippen LogP contribution in [0.15, 0.2) is 49.6 Å². The van der Waals surface area contributed by atoms with Gasteiger partial charge in [-0.15, -0.1) is 30.0 Å². The van der Waals surface area contributed by atoms with Crippen LogP contribution in [0.5, 0.6) is 0 Å². The summed E-state index contributed by atoms with van der Waals surface area (Å²) in [5, 5.41) is 18.9. The molecule has 2 amide bonds. The molecular formula is C31H41N5O5S. The molecule has 3 saturated heterocycles. The van der Waals surface area contributed by atoms with Gasteiger partial charge in [0, 0.05) is 11.8 Å². The Labute approximate surface area is 251 Å². The maximum absolute atomic E-state index is 14.8. The predicted octanol–water partition coefficient (Wildman–Crippen LogP) is 3.27. The molecule has 3 aliphatic rings. The zero-order valence-electron chi connectivity index (χ0n) is 24.6. The second kappa shape index (κ2) is 12.2. The minimum Gasteiger partial charge on any atom is -0.465 e. The molecule has 1 N–H and O–H groups in total. The lowest BCUT2D eigenvalue weighted by Gasteiger charge is -2.42. The fraction of sp³-hybridized carbons (Fsp3) is 0.581. The van der Waals surface area contributed by atoms with Crippen LogP contribution < -0.4 is 0 Å². The predicted molar refractivity (Wildman–Crippen MR) is 161 cm³/mol. The molecule has 0 aliphatic carbocycles. The number of unbranched alkanes of at least 4 members (excludes halogenated alkanes) is 1. The zero-order chi connectivity index (χ0) is 30.2. The maximum atomic E-state index is 14.8. The van der Waals surface area contributed by atoms with Crippen molar-refractivity contribution in [3.05, 3.63) is 49.6 Å². The molecular weight excluding hydrogens is 554 g/mol. The molecule has 4 heterocycles. The highest BCUT2D eigenvalue weighted by atomic mass is 32.2. The number of benzene rings is 1. The fourth-order valence-electron chi connectivity index (χ4n) is 7.21. The zero-order valence-corrected chi connectivity index (χ0v) is 25.4. The number of allylic oxidation sites excluding steroid dienone is 1. The van der Waals surface area contributed by atoms with Crippen molar-refractivity contribution in [1.29, 1.82) is 0 Å². The van der Waals surface area contributed by atoms with E-state index in [2.05, 4.69) is 30.4 Å². The largest absolute Gasteiger partial charge is 0.465 e. The molecule has 3 aliphatic heterocycles. The van der Waals surface area contributed by atoms with E-state index in [0.717, 1.165) is 11.9 Å². The van der Waals surface area contributed by atoms with Crippen molar-refractivity contribution < 1.29 is 24.2 Å². The minimum atomic E-state index is -0.868. The van der Waals surface area contributed by atoms with Gasteiger partial charge >= 0.3 is 5.97 Å². The highest BCUT2D eigenvalue weighted by Gasteiger charge is 2.77. The lowest BCUT2D eigenvalue weighted by atomic mass is 9.66. The van der Waals surface area contributed by atoms with E-state index in [-0.39, 0.29) is 61.3 Å². The molecule has 5 rings (SSSR count). The Hall–Kier alpha value is -3.18. The standard InChI is InChI=1S/C31H41N5O5S/c1-6-8-11-15-41-30(40)25-24-16-20(5)31(42-24)26(25)28(38)36(23(17-37)19(3)4)27(31)29(39)34(14-7-2)18-35-22-13-10-9-12-21(22)32-33-35/h6-7,9-10,12-13,19-20,23-27,37H,1-2,8,11,14-18H2,3-5H3/t20?,23-,24+,25-,26-,27?,31?/m0/s1. The minimum absolute atomic E-state index is 0.00509. The average molecular weight is 596 g/mol. The highest BCUT2D eigenvalue weighted by molar-refractivity contribution is 8.02. The second-order valence-corrected chi connectivity index (χ2v) is 13.5. The van der Waals surface area contributed by atoms with Crippen molar-refractivity contribution in [2.24, 2.45) is 23.7 Å². The second-order valence-electron chi connectivity index (χ2n) is 12.0. The van der Waals surface area contributed by atoms with Crippen LogP contribution in [0.3, 0.4) is 0 Å². The van der Waals surface area contributed by atoms with Gasteiger partial charge in [-0.3, -0.25) is 14.4 Å². The van der Waals surface area contributed by atoms with E-state index in [4.69, 9.17) is 4.74 Å². The summed E-state index contributed by atoms with van der Waals surface area (Å²) in [6.45, 7) is 13.9. The number of ether oxygens (including phenoxy) is 1. The molecule has 226 valence electrons. The molecule has 7 atom stereocenters. The number of thioether (sulfide) groups is 1. The summed E-state index contributed by atoms with van der Waals surface area (Å²) in [5.41, 5.74) is 1.50. The number of nitrogens with zero attached hydrogens (tertiary/aromatic N) is 5. The molecule has 11 heteroatoms. The smallest absolute Gasteiger partial charge is 0.310 e. The first-order valence-corrected chi connectivity index (χ1v) is 15.6. The SMILES string of the molecule is C=CCCCOC(=O)[C@@H]1[C@H]2C(=O)N([C@@H](CO)C(C)C)C(C(=O)N(CC=C)Cn3nnc4ccccc43)C23S[C@@H]1CC3C. The summed E-state index contributed by atoms with van der Waals surface area (Å²) in [7, 11) is 0. The van der Waals surface area contributed by atoms with Gasteiger partial charge in [0.25, 0.3) is 0 Å². The summed E-state index contributed by atoms with van der Waals surface area (Å²) in [6.07, 6.45) is 5.55. The van der Waals surface area contributed by atoms with Gasteiger partial charge in [0.05, 0.1) is 41.4 Å². The third kappa shape index (κ3) is 4.84. The van der Waals surface area contributed by atoms with Crippen molar-refractivity contribution in [2.45, 2.75) is 68.8 Å². The Kier molecular flexibility index (Phi) is 8.80. The van der Waals surface area contributed by atoms with E-state index in [9.17, 15) is 19.5 Å². The summed E-state index contributed by atoms with van der Waals surface area (Å²) in [6, 6.07) is 6.08. The number of likely N-dealkylation sites (tertiary alicyclic amines) is 1. The summed E-state index contributed by atoms with van der Waals surface area (Å²) in [4.78, 5) is 46.0. The third-order valence-corrected chi connectivity index (χ3v) is 11.3. The van der Waals surface area contributed by atoms with Crippen LogP contribution in [-0.2, 0) is 25.8 Å². The highest BCUT2D eigenvalue weighted by Crippen LogP contribution is 2.69. The summed E-state index contributed by atoms with van der Waals surface area (Å²) in [5.74, 6) is -2.33. The lowest BCUT2D eigenvalue weighted by Crippen LogP contribution is -2.60. The van der Waals surface area contributed by atoms with Crippen molar-refractivity contribution in [2.75, 3.05) is 19.8 Å². The van der Waals surface area contributed by atoms with Gasteiger partial charge in [-0.2, -0.15) is 0 Å². The molecule has 42 heavy (non-hydrogen) atoms. The summed E-state index contributed by atoms with van der Waals surface area (Å²) >= 11 is 1.60. The molecule has 10 nitrogen and oxygen atoms in total. The Morgan fingerprint density at radius 3 is 2.74 bits per heavy atom. The number of aliphatic hydroxyl groups is 1. The Morgan fingerprint density at radius 2 is 2.05 bits per heavy atom. The Morgan fingerprint density at radius 1 is 1.29 bits per heavy atom. The number of para-hydroxylation sites is 1. The van der Waals surface area contributed by atoms with E-state index in [1.165, 1.54) is 0 Å². The number of esters is 1. The van der Waals surface area contributed by atoms with Crippen LogP contribution in [0.25, 0.3) is 11.0 Å². The van der Waals surface area contributed by atoms with Gasteiger partial charge in [-0.25, -0.2) is 4.68 Å². The van der Waals surface area contributed by atoms with Gasteiger partial charge in [0.15, 0.2) is 0 Å². The lowest BCUT2D eigenvalue weighted by molar-refractivity contribution is -0.155. The number of hydrogen-bond donors (Lipinski definition) is 1. The number of amides is 2. The first-order valence-electron chi connectivity index (χ1n) is 14.8. The average Bonchev–Trinajstić information content (AvgIpc) is 3.69. The Balaban J connectivity index is 1.54. The molecule has 2 bridgehead atoms. The molecule has 2 aromatic rings. The number of aliphatic hydroxyl groups excluding tert-OH is 1. The van der Waals surface area contributed by atoms with Crippen molar-refractivity contribution >= 4 is 40.6 Å². The van der Waals surface area contributed by atoms with Crippen LogP contribution in [0.4, 0.5) is 0 Å². The molecule has 1 aromatic heterocycles. The first kappa shape index (κ1) is 30.3. The van der Waals surface area contributed by atoms with Crippen molar-refractivity contribution in [1.82, 2.24) is 24.8 Å². The number of aromatic nitrogens is 3. The first-order chi connectivity index (χ1) is 20.2. The van der Waals surface area contributed by atoms with E-state index in [1.54, 1.807) is 38.4 Å². The van der Waals surface area contributed by atoms with Gasteiger partial charge in [-0.05, 0) is 43.2 Å². The molecule has 0 saturated carbocycles. The number of carbonyl (C=O) groups excluding carboxylic acids is 3. The Bertz CT molecular complexity index is 1360. The molecule has 0 radical (unpaired) electrons. The topological polar surface area (TPSA) is 118 Å². The molecule has 3 unspecified atom stereocenters. The van der Waals surface area contributed by atoms with Crippen molar-refractivity contribution in [3.8, 4) is 0 Å². The van der Waals surface area contributed by atoms with Crippen LogP contribution in [0, 0.1) is 23.7 Å². The number of hydrogen-bond acceptors (Lipinski definition) is 8. The number of fused-ring (bicyclic) bond motifs is 2. The van der Waals surface area contributed by atoms with Crippen LogP contribution in [0.1, 0.15) is 40.0 Å². The van der Waals surface area contributed by atoms with Gasteiger partial charge in [0.2, 0.25) is 11.8 Å². The van der Waals surface area contributed by atoms with Crippen LogP contribution in [0.2, 0.25) is 0 Å². The summed E-state index contributed by atoms with van der Waals surface area (Å²) < 4.78 is 6.53. The van der Waals surface area contributed by atoms with Crippen LogP contribution in [-0.4, -0.2) is 89.5 Å². The number of carbonyl (C=O) groups is 3. The fourth-order valence-corrected chi connectivity index (χ4v) is 9.60. The van der Waals surface area contributed by atoms with Crippen LogP contribution >= 0.6 is 11.8 Å². The maximum Gasteiger partial charge on any atom is 0.310 e. The molecule has 1 spiro atoms. The molecule has 3 fully saturated rings. The van der Waals surface area contributed by atoms with Crippen molar-refractivity contribution in [3.63, 3.8) is 0 Å². The van der Waals surface area contributed by atoms with E-state index < -0.39 is 28.7 Å². The third-order valence-electron chi connectivity index (χ3n) is 9.19. The number of rotatable bonds is 13. The normalized spacial score (nSPS) is 28.7.